The number of benzene rings is 2. The van der Waals surface area contributed by atoms with Crippen LogP contribution in [0.15, 0.2) is 90.0 Å². The van der Waals surface area contributed by atoms with E-state index in [1.54, 1.807) is 0 Å². The number of rotatable bonds is 5. The number of hydrogen-bond acceptors (Lipinski definition) is 2. The molecule has 0 bridgehead atoms. The first-order valence-electron chi connectivity index (χ1n) is 11.2. The maximum Gasteiger partial charge on any atom is 0.252 e. The number of nitrogens with one attached hydrogen (secondary N) is 1. The van der Waals surface area contributed by atoms with Gasteiger partial charge in [0.05, 0.1) is 5.57 Å². The third-order valence-electron chi connectivity index (χ3n) is 6.44. The molecule has 0 radical (unpaired) electrons. The lowest BCUT2D eigenvalue weighted by atomic mass is 9.90. The highest BCUT2D eigenvalue weighted by Crippen LogP contribution is 2.28. The number of amides is 1. The Morgan fingerprint density at radius 2 is 1.84 bits per heavy atom. The van der Waals surface area contributed by atoms with Gasteiger partial charge in [0.15, 0.2) is 0 Å². The van der Waals surface area contributed by atoms with Gasteiger partial charge in [-0.1, -0.05) is 85.0 Å². The standard InChI is InChI=1S/C28H28N2O/c31-28(29-24-17-19-30(20-24)18-16-21-8-2-1-3-9-21)27-25-12-6-4-10-22(25)14-15-23-11-5-7-13-26(23)27/h1-10,12-15,24H,11,16-20H2,(H,29,31)/t24-/m0/s1. The molecule has 2 aromatic carbocycles. The van der Waals surface area contributed by atoms with Crippen molar-refractivity contribution >= 4 is 17.6 Å². The second-order valence-corrected chi connectivity index (χ2v) is 8.53. The highest BCUT2D eigenvalue weighted by Gasteiger charge is 2.27. The second-order valence-electron chi connectivity index (χ2n) is 8.53. The van der Waals surface area contributed by atoms with E-state index >= 15 is 0 Å². The van der Waals surface area contributed by atoms with E-state index in [0.29, 0.717) is 0 Å². The molecule has 2 aromatic rings. The summed E-state index contributed by atoms with van der Waals surface area (Å²) in [6, 6.07) is 19.0. The number of carbonyl (C=O) groups is 1. The summed E-state index contributed by atoms with van der Waals surface area (Å²) in [5.41, 5.74) is 4.44. The molecule has 1 amide bonds. The minimum atomic E-state index is 0.0464. The van der Waals surface area contributed by atoms with Gasteiger partial charge in [0.1, 0.15) is 0 Å². The molecular formula is C28H28N2O. The molecule has 1 heterocycles. The van der Waals surface area contributed by atoms with Crippen LogP contribution >= 0.6 is 0 Å². The third kappa shape index (κ3) is 4.33. The van der Waals surface area contributed by atoms with Crippen molar-refractivity contribution < 1.29 is 4.79 Å². The monoisotopic (exact) mass is 408 g/mol. The second kappa shape index (κ2) is 8.91. The average Bonchev–Trinajstić information content (AvgIpc) is 3.18. The van der Waals surface area contributed by atoms with E-state index in [0.717, 1.165) is 60.5 Å². The topological polar surface area (TPSA) is 32.3 Å². The zero-order valence-electron chi connectivity index (χ0n) is 17.8. The summed E-state index contributed by atoms with van der Waals surface area (Å²) < 4.78 is 0. The normalized spacial score (nSPS) is 20.1. The zero-order chi connectivity index (χ0) is 21.0. The summed E-state index contributed by atoms with van der Waals surface area (Å²) in [5.74, 6) is 0.0464. The molecule has 1 fully saturated rings. The molecule has 0 aromatic heterocycles. The molecule has 156 valence electrons. The smallest absolute Gasteiger partial charge is 0.252 e. The van der Waals surface area contributed by atoms with Crippen LogP contribution in [0.5, 0.6) is 0 Å². The summed E-state index contributed by atoms with van der Waals surface area (Å²) in [5, 5.41) is 5.48. The highest BCUT2D eigenvalue weighted by molar-refractivity contribution is 6.20. The lowest BCUT2D eigenvalue weighted by molar-refractivity contribution is -0.116. The molecule has 0 saturated carbocycles. The predicted octanol–water partition coefficient (Wildman–Crippen LogP) is 2.88. The Morgan fingerprint density at radius 1 is 1.00 bits per heavy atom. The lowest BCUT2D eigenvalue weighted by Gasteiger charge is -2.20. The Hall–Kier alpha value is -3.17. The number of carbonyl (C=O) groups excluding carboxylic acids is 1. The van der Waals surface area contributed by atoms with E-state index in [4.69, 9.17) is 0 Å². The molecule has 2 aliphatic carbocycles. The van der Waals surface area contributed by atoms with Crippen molar-refractivity contribution in [3.8, 4) is 0 Å². The molecule has 5 rings (SSSR count). The predicted molar refractivity (Wildman–Crippen MR) is 127 cm³/mol. The first kappa shape index (κ1) is 19.8. The molecule has 1 saturated heterocycles. The first-order chi connectivity index (χ1) is 15.3. The fraction of sp³-hybridized carbons (Fsp3) is 0.250. The van der Waals surface area contributed by atoms with Crippen LogP contribution in [0.3, 0.4) is 0 Å². The molecule has 1 atom stereocenters. The molecule has 3 nitrogen and oxygen atoms in total. The summed E-state index contributed by atoms with van der Waals surface area (Å²) in [4.78, 5) is 16.0. The minimum absolute atomic E-state index is 0.0464. The van der Waals surface area contributed by atoms with Gasteiger partial charge in [-0.05, 0) is 46.4 Å². The van der Waals surface area contributed by atoms with Crippen LogP contribution in [0.1, 0.15) is 18.4 Å². The van der Waals surface area contributed by atoms with E-state index < -0.39 is 0 Å². The van der Waals surface area contributed by atoms with E-state index in [-0.39, 0.29) is 11.9 Å². The van der Waals surface area contributed by atoms with Crippen molar-refractivity contribution in [3.63, 3.8) is 0 Å². The molecule has 1 N–H and O–H groups in total. The van der Waals surface area contributed by atoms with Crippen LogP contribution in [0.25, 0.3) is 11.6 Å². The maximum atomic E-state index is 13.5. The van der Waals surface area contributed by atoms with Crippen molar-refractivity contribution in [3.05, 3.63) is 106 Å². The van der Waals surface area contributed by atoms with Gasteiger partial charge in [0.25, 0.3) is 5.91 Å². The minimum Gasteiger partial charge on any atom is -0.348 e. The molecular weight excluding hydrogens is 380 g/mol. The van der Waals surface area contributed by atoms with Crippen LogP contribution in [-0.4, -0.2) is 36.5 Å². The van der Waals surface area contributed by atoms with Gasteiger partial charge in [-0.2, -0.15) is 0 Å². The molecule has 3 heteroatoms. The Labute approximate surface area is 183 Å². The van der Waals surface area contributed by atoms with E-state index in [2.05, 4.69) is 83.1 Å². The SMILES string of the molecule is O=C(N[C@H]1CCN(CCc2ccccc2)C1)C1=c2ccccc2=CC=C2CC=CC=C21. The maximum absolute atomic E-state index is 13.5. The van der Waals surface area contributed by atoms with Crippen LogP contribution in [-0.2, 0) is 11.2 Å². The number of likely N-dealkylation sites (tertiary alicyclic amines) is 1. The number of nitrogens with zero attached hydrogens (tertiary/aromatic N) is 1. The first-order valence-corrected chi connectivity index (χ1v) is 11.2. The summed E-state index contributed by atoms with van der Waals surface area (Å²) in [6.07, 6.45) is 13.5. The number of fused-ring (bicyclic) bond motifs is 2. The Kier molecular flexibility index (Phi) is 5.68. The van der Waals surface area contributed by atoms with Crippen molar-refractivity contribution in [1.82, 2.24) is 10.2 Å². The molecule has 3 aliphatic rings. The van der Waals surface area contributed by atoms with E-state index in [9.17, 15) is 4.79 Å². The summed E-state index contributed by atoms with van der Waals surface area (Å²) >= 11 is 0. The van der Waals surface area contributed by atoms with Gasteiger partial charge in [0.2, 0.25) is 0 Å². The van der Waals surface area contributed by atoms with Gasteiger partial charge in [0, 0.05) is 25.7 Å². The molecule has 31 heavy (non-hydrogen) atoms. The fourth-order valence-corrected chi connectivity index (χ4v) is 4.77. The van der Waals surface area contributed by atoms with Gasteiger partial charge >= 0.3 is 0 Å². The third-order valence-corrected chi connectivity index (χ3v) is 6.44. The van der Waals surface area contributed by atoms with Crippen LogP contribution in [0.4, 0.5) is 0 Å². The van der Waals surface area contributed by atoms with Crippen molar-refractivity contribution in [2.75, 3.05) is 19.6 Å². The highest BCUT2D eigenvalue weighted by atomic mass is 16.1. The zero-order valence-corrected chi connectivity index (χ0v) is 17.8. The number of hydrogen-bond donors (Lipinski definition) is 1. The molecule has 0 unspecified atom stereocenters. The molecule has 1 aliphatic heterocycles. The van der Waals surface area contributed by atoms with E-state index in [1.165, 1.54) is 11.1 Å². The van der Waals surface area contributed by atoms with Crippen LogP contribution in [0, 0.1) is 0 Å². The Balaban J connectivity index is 1.33. The van der Waals surface area contributed by atoms with Gasteiger partial charge in [-0.3, -0.25) is 4.79 Å². The van der Waals surface area contributed by atoms with Gasteiger partial charge in [-0.15, -0.1) is 0 Å². The largest absolute Gasteiger partial charge is 0.348 e. The lowest BCUT2D eigenvalue weighted by Crippen LogP contribution is -2.41. The van der Waals surface area contributed by atoms with Crippen molar-refractivity contribution in [2.45, 2.75) is 25.3 Å². The van der Waals surface area contributed by atoms with E-state index in [1.807, 2.05) is 12.1 Å². The van der Waals surface area contributed by atoms with Gasteiger partial charge in [-0.25, -0.2) is 0 Å². The van der Waals surface area contributed by atoms with Crippen molar-refractivity contribution in [1.29, 1.82) is 0 Å². The van der Waals surface area contributed by atoms with Gasteiger partial charge < -0.3 is 10.2 Å². The van der Waals surface area contributed by atoms with Crippen LogP contribution in [0.2, 0.25) is 0 Å². The summed E-state index contributed by atoms with van der Waals surface area (Å²) in [7, 11) is 0. The van der Waals surface area contributed by atoms with Crippen LogP contribution < -0.4 is 15.8 Å². The quantitative estimate of drug-likeness (QED) is 0.825. The van der Waals surface area contributed by atoms with Crippen molar-refractivity contribution in [2.24, 2.45) is 0 Å². The average molecular weight is 409 g/mol. The molecule has 0 spiro atoms. The number of allylic oxidation sites excluding steroid dienone is 5. The summed E-state index contributed by atoms with van der Waals surface area (Å²) in [6.45, 7) is 2.99. The Morgan fingerprint density at radius 3 is 2.74 bits per heavy atom. The fourth-order valence-electron chi connectivity index (χ4n) is 4.77. The Bertz CT molecular complexity index is 1190.